The van der Waals surface area contributed by atoms with Gasteiger partial charge in [-0.25, -0.2) is 0 Å². The predicted molar refractivity (Wildman–Crippen MR) is 62.7 cm³/mol. The van der Waals surface area contributed by atoms with Gasteiger partial charge in [-0.2, -0.15) is 0 Å². The Morgan fingerprint density at radius 3 is 2.56 bits per heavy atom. The highest BCUT2D eigenvalue weighted by Gasteiger charge is 2.17. The third-order valence-electron chi connectivity index (χ3n) is 2.52. The normalized spacial score (nSPS) is 12.7. The van der Waals surface area contributed by atoms with Crippen LogP contribution < -0.4 is 5.73 Å². The van der Waals surface area contributed by atoms with E-state index in [1.807, 2.05) is 42.3 Å². The lowest BCUT2D eigenvalue weighted by atomic mass is 10.0. The third-order valence-corrected chi connectivity index (χ3v) is 2.52. The highest BCUT2D eigenvalue weighted by atomic mass is 16.3. The van der Waals surface area contributed by atoms with Crippen molar-refractivity contribution in [2.45, 2.75) is 12.5 Å². The second-order valence-corrected chi connectivity index (χ2v) is 3.82. The Morgan fingerprint density at radius 1 is 1.44 bits per heavy atom. The summed E-state index contributed by atoms with van der Waals surface area (Å²) in [7, 11) is 1.83. The Morgan fingerprint density at radius 2 is 2.06 bits per heavy atom. The standard InChI is InChI=1S/C12H18N2O2/c1-14(9-12(13)16)11(7-8-15)10-5-3-2-4-6-10/h2-6,11,15H,7-9H2,1H3,(H2,13,16)/t11-/m0/s1. The van der Waals surface area contributed by atoms with Gasteiger partial charge in [-0.1, -0.05) is 30.3 Å². The minimum atomic E-state index is -0.360. The van der Waals surface area contributed by atoms with Crippen LogP contribution in [0.25, 0.3) is 0 Å². The van der Waals surface area contributed by atoms with Crippen molar-refractivity contribution in [3.8, 4) is 0 Å². The van der Waals surface area contributed by atoms with Gasteiger partial charge in [0.1, 0.15) is 0 Å². The fourth-order valence-corrected chi connectivity index (χ4v) is 1.80. The van der Waals surface area contributed by atoms with E-state index >= 15 is 0 Å². The molecule has 0 spiro atoms. The topological polar surface area (TPSA) is 66.6 Å². The number of carbonyl (C=O) groups excluding carboxylic acids is 1. The number of hydrogen-bond acceptors (Lipinski definition) is 3. The van der Waals surface area contributed by atoms with Crippen LogP contribution in [0, 0.1) is 0 Å². The SMILES string of the molecule is CN(CC(N)=O)[C@@H](CCO)c1ccccc1. The number of rotatable bonds is 6. The van der Waals surface area contributed by atoms with Crippen LogP contribution in [0.1, 0.15) is 18.0 Å². The van der Waals surface area contributed by atoms with Gasteiger partial charge in [0.2, 0.25) is 5.91 Å². The fourth-order valence-electron chi connectivity index (χ4n) is 1.80. The van der Waals surface area contributed by atoms with E-state index in [0.29, 0.717) is 6.42 Å². The maximum atomic E-state index is 10.9. The second-order valence-electron chi connectivity index (χ2n) is 3.82. The average Bonchev–Trinajstić information content (AvgIpc) is 2.26. The maximum Gasteiger partial charge on any atom is 0.231 e. The smallest absolute Gasteiger partial charge is 0.231 e. The summed E-state index contributed by atoms with van der Waals surface area (Å²) in [5, 5.41) is 9.04. The highest BCUT2D eigenvalue weighted by Crippen LogP contribution is 2.21. The van der Waals surface area contributed by atoms with Crippen molar-refractivity contribution < 1.29 is 9.90 Å². The zero-order valence-electron chi connectivity index (χ0n) is 9.47. The Balaban J connectivity index is 2.78. The summed E-state index contributed by atoms with van der Waals surface area (Å²) in [5.74, 6) is -0.360. The molecule has 4 heteroatoms. The van der Waals surface area contributed by atoms with Crippen LogP contribution in [0.15, 0.2) is 30.3 Å². The van der Waals surface area contributed by atoms with Crippen LogP contribution in [-0.4, -0.2) is 36.1 Å². The molecular weight excluding hydrogens is 204 g/mol. The first-order chi connectivity index (χ1) is 7.65. The molecule has 0 heterocycles. The summed E-state index contributed by atoms with van der Waals surface area (Å²) in [6.07, 6.45) is 0.591. The molecule has 0 aliphatic carbocycles. The van der Waals surface area contributed by atoms with Gasteiger partial charge >= 0.3 is 0 Å². The first-order valence-electron chi connectivity index (χ1n) is 5.29. The number of carbonyl (C=O) groups is 1. The fraction of sp³-hybridized carbons (Fsp3) is 0.417. The van der Waals surface area contributed by atoms with E-state index in [9.17, 15) is 4.79 Å². The van der Waals surface area contributed by atoms with Crippen LogP contribution in [0.2, 0.25) is 0 Å². The molecule has 16 heavy (non-hydrogen) atoms. The van der Waals surface area contributed by atoms with Crippen LogP contribution in [0.4, 0.5) is 0 Å². The van der Waals surface area contributed by atoms with Crippen LogP contribution in [0.5, 0.6) is 0 Å². The molecule has 3 N–H and O–H groups in total. The molecule has 1 aromatic carbocycles. The molecular formula is C12H18N2O2. The Hall–Kier alpha value is -1.39. The van der Waals surface area contributed by atoms with Crippen LogP contribution in [-0.2, 0) is 4.79 Å². The van der Waals surface area contributed by atoms with Gasteiger partial charge in [0.25, 0.3) is 0 Å². The number of amides is 1. The lowest BCUT2D eigenvalue weighted by Crippen LogP contribution is -2.34. The average molecular weight is 222 g/mol. The quantitative estimate of drug-likeness (QED) is 0.737. The summed E-state index contributed by atoms with van der Waals surface area (Å²) < 4.78 is 0. The summed E-state index contributed by atoms with van der Waals surface area (Å²) in [5.41, 5.74) is 6.25. The lowest BCUT2D eigenvalue weighted by molar-refractivity contribution is -0.119. The van der Waals surface area contributed by atoms with Gasteiger partial charge in [-0.05, 0) is 19.0 Å². The van der Waals surface area contributed by atoms with E-state index in [0.717, 1.165) is 5.56 Å². The molecule has 4 nitrogen and oxygen atoms in total. The van der Waals surface area contributed by atoms with Crippen molar-refractivity contribution in [3.63, 3.8) is 0 Å². The number of benzene rings is 1. The summed E-state index contributed by atoms with van der Waals surface area (Å²) in [6.45, 7) is 0.280. The van der Waals surface area contributed by atoms with E-state index in [1.165, 1.54) is 0 Å². The molecule has 0 saturated carbocycles. The van der Waals surface area contributed by atoms with E-state index in [1.54, 1.807) is 0 Å². The molecule has 0 aliphatic rings. The number of aliphatic hydroxyl groups is 1. The van der Waals surface area contributed by atoms with Gasteiger partial charge in [0.05, 0.1) is 6.54 Å². The van der Waals surface area contributed by atoms with Crippen molar-refractivity contribution in [1.82, 2.24) is 4.90 Å². The second kappa shape index (κ2) is 6.25. The zero-order chi connectivity index (χ0) is 12.0. The summed E-state index contributed by atoms with van der Waals surface area (Å²) in [6, 6.07) is 9.82. The molecule has 0 radical (unpaired) electrons. The van der Waals surface area contributed by atoms with Crippen molar-refractivity contribution in [3.05, 3.63) is 35.9 Å². The highest BCUT2D eigenvalue weighted by molar-refractivity contribution is 5.75. The molecule has 0 saturated heterocycles. The van der Waals surface area contributed by atoms with Crippen LogP contribution >= 0.6 is 0 Å². The minimum Gasteiger partial charge on any atom is -0.396 e. The number of hydrogen-bond donors (Lipinski definition) is 2. The number of nitrogens with zero attached hydrogens (tertiary/aromatic N) is 1. The van der Waals surface area contributed by atoms with Gasteiger partial charge in [0.15, 0.2) is 0 Å². The van der Waals surface area contributed by atoms with E-state index in [4.69, 9.17) is 10.8 Å². The number of aliphatic hydroxyl groups excluding tert-OH is 1. The first kappa shape index (κ1) is 12.7. The summed E-state index contributed by atoms with van der Waals surface area (Å²) >= 11 is 0. The monoisotopic (exact) mass is 222 g/mol. The largest absolute Gasteiger partial charge is 0.396 e. The minimum absolute atomic E-state index is 0.0266. The Labute approximate surface area is 95.7 Å². The van der Waals surface area contributed by atoms with Gasteiger partial charge in [0, 0.05) is 12.6 Å². The number of likely N-dealkylation sites (N-methyl/N-ethyl adjacent to an activating group) is 1. The van der Waals surface area contributed by atoms with Gasteiger partial charge in [-0.15, -0.1) is 0 Å². The number of primary amides is 1. The van der Waals surface area contributed by atoms with E-state index in [-0.39, 0.29) is 25.1 Å². The molecule has 0 fully saturated rings. The predicted octanol–water partition coefficient (Wildman–Crippen LogP) is 0.527. The molecule has 1 amide bonds. The first-order valence-corrected chi connectivity index (χ1v) is 5.29. The van der Waals surface area contributed by atoms with Crippen molar-refractivity contribution in [2.75, 3.05) is 20.2 Å². The summed E-state index contributed by atoms with van der Waals surface area (Å²) in [4.78, 5) is 12.7. The molecule has 88 valence electrons. The van der Waals surface area contributed by atoms with Crippen molar-refractivity contribution in [1.29, 1.82) is 0 Å². The van der Waals surface area contributed by atoms with Gasteiger partial charge < -0.3 is 10.8 Å². The van der Waals surface area contributed by atoms with E-state index in [2.05, 4.69) is 0 Å². The van der Waals surface area contributed by atoms with Gasteiger partial charge in [-0.3, -0.25) is 9.69 Å². The van der Waals surface area contributed by atoms with Crippen LogP contribution in [0.3, 0.4) is 0 Å². The Bertz CT molecular complexity index is 327. The molecule has 0 bridgehead atoms. The molecule has 1 rings (SSSR count). The van der Waals surface area contributed by atoms with E-state index < -0.39 is 0 Å². The van der Waals surface area contributed by atoms with Crippen molar-refractivity contribution in [2.24, 2.45) is 5.73 Å². The Kier molecular flexibility index (Phi) is 4.95. The zero-order valence-corrected chi connectivity index (χ0v) is 9.47. The maximum absolute atomic E-state index is 10.9. The molecule has 0 aromatic heterocycles. The lowest BCUT2D eigenvalue weighted by Gasteiger charge is -2.26. The number of nitrogens with two attached hydrogens (primary N) is 1. The molecule has 1 aromatic rings. The molecule has 0 unspecified atom stereocenters. The third kappa shape index (κ3) is 3.64. The molecule has 1 atom stereocenters. The van der Waals surface area contributed by atoms with Crippen molar-refractivity contribution >= 4 is 5.91 Å². The molecule has 0 aliphatic heterocycles.